The first-order chi connectivity index (χ1) is 12.1. The van der Waals surface area contributed by atoms with E-state index in [0.29, 0.717) is 22.8 Å². The standard InChI is InChI=1S/C18H15BrN2O3S/c1-3-23-18(22)15-11(2)24-17(21-6-4-5-7-21)13(9-20)16(15)14-8-12(19)10-25-14/h4-8,10,16H,3H2,1-2H3/t16-/m0/s1. The lowest BCUT2D eigenvalue weighted by Crippen LogP contribution is -2.23. The number of ether oxygens (including phenoxy) is 2. The van der Waals surface area contributed by atoms with E-state index in [-0.39, 0.29) is 6.61 Å². The molecule has 25 heavy (non-hydrogen) atoms. The van der Waals surface area contributed by atoms with Crippen molar-refractivity contribution in [3.05, 3.63) is 62.2 Å². The zero-order valence-corrected chi connectivity index (χ0v) is 16.1. The van der Waals surface area contributed by atoms with Crippen LogP contribution in [0.1, 0.15) is 24.6 Å². The topological polar surface area (TPSA) is 64.2 Å². The molecular weight excluding hydrogens is 404 g/mol. The van der Waals surface area contributed by atoms with Gasteiger partial charge in [0.15, 0.2) is 0 Å². The molecule has 128 valence electrons. The minimum atomic E-state index is -0.522. The van der Waals surface area contributed by atoms with Crippen LogP contribution in [0.4, 0.5) is 0 Å². The first-order valence-electron chi connectivity index (χ1n) is 7.64. The Morgan fingerprint density at radius 2 is 2.20 bits per heavy atom. The Morgan fingerprint density at radius 3 is 2.76 bits per heavy atom. The highest BCUT2D eigenvalue weighted by Gasteiger charge is 2.38. The summed E-state index contributed by atoms with van der Waals surface area (Å²) in [5.74, 6) is -0.136. The van der Waals surface area contributed by atoms with Gasteiger partial charge in [0, 0.05) is 27.1 Å². The van der Waals surface area contributed by atoms with Gasteiger partial charge in [0.05, 0.1) is 18.1 Å². The molecule has 1 aliphatic heterocycles. The van der Waals surface area contributed by atoms with Crippen molar-refractivity contribution in [1.82, 2.24) is 4.57 Å². The van der Waals surface area contributed by atoms with Crippen LogP contribution in [-0.2, 0) is 14.3 Å². The number of aromatic nitrogens is 1. The van der Waals surface area contributed by atoms with Crippen LogP contribution >= 0.6 is 27.3 Å². The third kappa shape index (κ3) is 3.28. The van der Waals surface area contributed by atoms with Crippen molar-refractivity contribution in [3.63, 3.8) is 0 Å². The Labute approximate surface area is 157 Å². The van der Waals surface area contributed by atoms with E-state index < -0.39 is 11.9 Å². The molecule has 1 aliphatic rings. The van der Waals surface area contributed by atoms with Crippen LogP contribution in [0.25, 0.3) is 5.88 Å². The molecule has 0 saturated carbocycles. The summed E-state index contributed by atoms with van der Waals surface area (Å²) in [5.41, 5.74) is 0.739. The Morgan fingerprint density at radius 1 is 1.48 bits per heavy atom. The molecule has 0 bridgehead atoms. The SMILES string of the molecule is CCOC(=O)C1=C(C)OC(n2cccc2)=C(C#N)[C@H]1c1cc(Br)cs1. The molecule has 7 heteroatoms. The Kier molecular flexibility index (Phi) is 5.11. The van der Waals surface area contributed by atoms with Crippen LogP contribution < -0.4 is 0 Å². The predicted octanol–water partition coefficient (Wildman–Crippen LogP) is 4.66. The van der Waals surface area contributed by atoms with Crippen LogP contribution in [0.5, 0.6) is 0 Å². The first kappa shape index (κ1) is 17.5. The molecule has 0 unspecified atom stereocenters. The van der Waals surface area contributed by atoms with Crippen molar-refractivity contribution >= 4 is 39.1 Å². The van der Waals surface area contributed by atoms with E-state index in [1.54, 1.807) is 30.8 Å². The molecule has 0 fully saturated rings. The van der Waals surface area contributed by atoms with Gasteiger partial charge in [0.1, 0.15) is 17.4 Å². The summed E-state index contributed by atoms with van der Waals surface area (Å²) in [6.45, 7) is 3.73. The number of esters is 1. The normalized spacial score (nSPS) is 17.3. The van der Waals surface area contributed by atoms with Gasteiger partial charge in [-0.15, -0.1) is 11.3 Å². The van der Waals surface area contributed by atoms with Crippen molar-refractivity contribution in [2.24, 2.45) is 0 Å². The van der Waals surface area contributed by atoms with Crippen LogP contribution in [0, 0.1) is 11.3 Å². The molecule has 1 atom stereocenters. The molecule has 2 aromatic rings. The molecule has 0 aliphatic carbocycles. The van der Waals surface area contributed by atoms with Crippen LogP contribution in [-0.4, -0.2) is 17.1 Å². The van der Waals surface area contributed by atoms with Crippen molar-refractivity contribution in [2.45, 2.75) is 19.8 Å². The maximum absolute atomic E-state index is 12.5. The minimum absolute atomic E-state index is 0.256. The third-order valence-electron chi connectivity index (χ3n) is 3.76. The second kappa shape index (κ2) is 7.30. The summed E-state index contributed by atoms with van der Waals surface area (Å²) < 4.78 is 13.7. The highest BCUT2D eigenvalue weighted by Crippen LogP contribution is 2.44. The number of carbonyl (C=O) groups excluding carboxylic acids is 1. The second-order valence-electron chi connectivity index (χ2n) is 5.31. The van der Waals surface area contributed by atoms with E-state index in [4.69, 9.17) is 9.47 Å². The fourth-order valence-electron chi connectivity index (χ4n) is 2.73. The number of nitriles is 1. The molecule has 3 rings (SSSR count). The molecular formula is C18H15BrN2O3S. The molecule has 0 N–H and O–H groups in total. The summed E-state index contributed by atoms with van der Waals surface area (Å²) in [4.78, 5) is 13.4. The van der Waals surface area contributed by atoms with E-state index in [9.17, 15) is 10.1 Å². The second-order valence-corrected chi connectivity index (χ2v) is 7.17. The molecule has 0 radical (unpaired) electrons. The number of hydrogen-bond donors (Lipinski definition) is 0. The van der Waals surface area contributed by atoms with Crippen molar-refractivity contribution < 1.29 is 14.3 Å². The monoisotopic (exact) mass is 418 g/mol. The lowest BCUT2D eigenvalue weighted by Gasteiger charge is -2.27. The summed E-state index contributed by atoms with van der Waals surface area (Å²) >= 11 is 4.92. The number of halogens is 1. The molecule has 0 spiro atoms. The van der Waals surface area contributed by atoms with Gasteiger partial charge in [-0.3, -0.25) is 4.57 Å². The average Bonchev–Trinajstić information content (AvgIpc) is 3.25. The summed E-state index contributed by atoms with van der Waals surface area (Å²) in [6, 6.07) is 7.84. The molecule has 3 heterocycles. The summed E-state index contributed by atoms with van der Waals surface area (Å²) in [6.07, 6.45) is 3.60. The number of allylic oxidation sites excluding steroid dienone is 2. The van der Waals surface area contributed by atoms with E-state index in [2.05, 4.69) is 22.0 Å². The smallest absolute Gasteiger partial charge is 0.338 e. The molecule has 0 aromatic carbocycles. The van der Waals surface area contributed by atoms with E-state index in [0.717, 1.165) is 9.35 Å². The molecule has 0 saturated heterocycles. The average molecular weight is 419 g/mol. The molecule has 0 amide bonds. The summed E-state index contributed by atoms with van der Waals surface area (Å²) in [7, 11) is 0. The van der Waals surface area contributed by atoms with Crippen LogP contribution in [0.2, 0.25) is 0 Å². The lowest BCUT2D eigenvalue weighted by atomic mass is 9.87. The zero-order valence-electron chi connectivity index (χ0n) is 13.7. The molecule has 2 aromatic heterocycles. The van der Waals surface area contributed by atoms with Crippen molar-refractivity contribution in [1.29, 1.82) is 5.26 Å². The first-order valence-corrected chi connectivity index (χ1v) is 9.31. The largest absolute Gasteiger partial charge is 0.463 e. The minimum Gasteiger partial charge on any atom is -0.463 e. The predicted molar refractivity (Wildman–Crippen MR) is 98.4 cm³/mol. The number of hydrogen-bond acceptors (Lipinski definition) is 5. The Balaban J connectivity index is 2.20. The van der Waals surface area contributed by atoms with Crippen molar-refractivity contribution in [3.8, 4) is 6.07 Å². The van der Waals surface area contributed by atoms with Crippen LogP contribution in [0.3, 0.4) is 0 Å². The Hall–Kier alpha value is -2.30. The van der Waals surface area contributed by atoms with Gasteiger partial charge < -0.3 is 9.47 Å². The maximum Gasteiger partial charge on any atom is 0.338 e. The van der Waals surface area contributed by atoms with Gasteiger partial charge in [0.2, 0.25) is 5.88 Å². The van der Waals surface area contributed by atoms with Gasteiger partial charge in [-0.1, -0.05) is 0 Å². The van der Waals surface area contributed by atoms with Gasteiger partial charge >= 0.3 is 5.97 Å². The van der Waals surface area contributed by atoms with Crippen LogP contribution in [0.15, 0.2) is 57.4 Å². The van der Waals surface area contributed by atoms with Crippen molar-refractivity contribution in [2.75, 3.05) is 6.61 Å². The highest BCUT2D eigenvalue weighted by atomic mass is 79.9. The van der Waals surface area contributed by atoms with Gasteiger partial charge in [-0.05, 0) is 48.0 Å². The highest BCUT2D eigenvalue weighted by molar-refractivity contribution is 9.10. The van der Waals surface area contributed by atoms with Gasteiger partial charge in [0.25, 0.3) is 0 Å². The van der Waals surface area contributed by atoms with E-state index in [1.165, 1.54) is 11.3 Å². The number of rotatable bonds is 4. The lowest BCUT2D eigenvalue weighted by molar-refractivity contribution is -0.139. The van der Waals surface area contributed by atoms with E-state index in [1.807, 2.05) is 23.6 Å². The summed E-state index contributed by atoms with van der Waals surface area (Å²) in [5, 5.41) is 11.8. The number of thiophene rings is 1. The van der Waals surface area contributed by atoms with E-state index >= 15 is 0 Å². The fraction of sp³-hybridized carbons (Fsp3) is 0.222. The number of nitrogens with zero attached hydrogens (tertiary/aromatic N) is 2. The number of carbonyl (C=O) groups is 1. The Bertz CT molecular complexity index is 903. The maximum atomic E-state index is 12.5. The quantitative estimate of drug-likeness (QED) is 0.677. The zero-order chi connectivity index (χ0) is 18.0. The molecule has 5 nitrogen and oxygen atoms in total. The van der Waals surface area contributed by atoms with Gasteiger partial charge in [-0.25, -0.2) is 4.79 Å². The van der Waals surface area contributed by atoms with Gasteiger partial charge in [-0.2, -0.15) is 5.26 Å². The third-order valence-corrected chi connectivity index (χ3v) is 5.52. The fourth-order valence-corrected chi connectivity index (χ4v) is 4.30.